The highest BCUT2D eigenvalue weighted by Gasteiger charge is 2.17. The highest BCUT2D eigenvalue weighted by atomic mass is 32.2. The average Bonchev–Trinajstić information content (AvgIpc) is 3.31. The first-order valence-electron chi connectivity index (χ1n) is 10.5. The van der Waals surface area contributed by atoms with Crippen molar-refractivity contribution in [3.8, 4) is 5.69 Å². The van der Waals surface area contributed by atoms with Crippen LogP contribution in [0, 0.1) is 0 Å². The Hall–Kier alpha value is -3.92. The van der Waals surface area contributed by atoms with Gasteiger partial charge < -0.3 is 9.26 Å². The zero-order valence-corrected chi connectivity index (χ0v) is 19.6. The number of hydrogen-bond acceptors (Lipinski definition) is 8. The summed E-state index contributed by atoms with van der Waals surface area (Å²) in [5.74, 6) is -0.477. The van der Waals surface area contributed by atoms with E-state index in [4.69, 9.17) is 9.26 Å². The Morgan fingerprint density at radius 1 is 1.15 bits per heavy atom. The fraction of sp³-hybridized carbons (Fsp3) is 0.208. The maximum atomic E-state index is 13.4. The summed E-state index contributed by atoms with van der Waals surface area (Å²) in [5.41, 5.74) is 1.64. The summed E-state index contributed by atoms with van der Waals surface area (Å²) >= 11 is 1.09. The number of hydrogen-bond donors (Lipinski definition) is 1. The van der Waals surface area contributed by atoms with E-state index in [9.17, 15) is 14.4 Å². The summed E-state index contributed by atoms with van der Waals surface area (Å²) < 4.78 is 11.4. The number of anilines is 1. The maximum absolute atomic E-state index is 13.4. The molecule has 0 spiro atoms. The predicted octanol–water partition coefficient (Wildman–Crippen LogP) is 4.01. The molecule has 0 aliphatic rings. The van der Waals surface area contributed by atoms with E-state index in [-0.39, 0.29) is 34.6 Å². The number of amides is 1. The number of para-hydroxylation sites is 1. The second-order valence-corrected chi connectivity index (χ2v) is 8.64. The van der Waals surface area contributed by atoms with Crippen molar-refractivity contribution in [2.45, 2.75) is 24.9 Å². The van der Waals surface area contributed by atoms with Crippen molar-refractivity contribution in [2.75, 3.05) is 18.2 Å². The molecule has 34 heavy (non-hydrogen) atoms. The number of methoxy groups -OCH3 is 1. The molecule has 0 saturated carbocycles. The first-order chi connectivity index (χ1) is 16.4. The van der Waals surface area contributed by atoms with Crippen LogP contribution in [0.3, 0.4) is 0 Å². The molecule has 0 bridgehead atoms. The van der Waals surface area contributed by atoms with Gasteiger partial charge in [0.05, 0.1) is 40.7 Å². The van der Waals surface area contributed by atoms with Crippen LogP contribution in [-0.2, 0) is 9.53 Å². The summed E-state index contributed by atoms with van der Waals surface area (Å²) in [6.07, 6.45) is 0. The number of esters is 1. The van der Waals surface area contributed by atoms with Crippen LogP contribution in [0.4, 0.5) is 5.88 Å². The third kappa shape index (κ3) is 4.86. The smallest absolute Gasteiger partial charge is 0.337 e. The van der Waals surface area contributed by atoms with Crippen LogP contribution in [-0.4, -0.2) is 39.4 Å². The number of rotatable bonds is 7. The van der Waals surface area contributed by atoms with Crippen molar-refractivity contribution < 1.29 is 18.8 Å². The Morgan fingerprint density at radius 2 is 1.91 bits per heavy atom. The van der Waals surface area contributed by atoms with Crippen molar-refractivity contribution in [3.63, 3.8) is 0 Å². The van der Waals surface area contributed by atoms with Crippen molar-refractivity contribution in [1.29, 1.82) is 0 Å². The Morgan fingerprint density at radius 3 is 2.59 bits per heavy atom. The molecule has 1 amide bonds. The molecule has 2 heterocycles. The molecule has 1 N–H and O–H groups in total. The Labute approximate surface area is 199 Å². The lowest BCUT2D eigenvalue weighted by atomic mass is 10.1. The predicted molar refractivity (Wildman–Crippen MR) is 129 cm³/mol. The first kappa shape index (κ1) is 23.2. The van der Waals surface area contributed by atoms with Crippen LogP contribution in [0.1, 0.15) is 35.8 Å². The lowest BCUT2D eigenvalue weighted by Crippen LogP contribution is -2.23. The van der Waals surface area contributed by atoms with Crippen LogP contribution in [0.15, 0.2) is 69.1 Å². The Bertz CT molecular complexity index is 1410. The van der Waals surface area contributed by atoms with Gasteiger partial charge in [-0.3, -0.25) is 19.5 Å². The van der Waals surface area contributed by atoms with Crippen molar-refractivity contribution in [1.82, 2.24) is 14.7 Å². The molecule has 4 aromatic rings. The summed E-state index contributed by atoms with van der Waals surface area (Å²) in [4.78, 5) is 42.5. The highest BCUT2D eigenvalue weighted by molar-refractivity contribution is 7.99. The third-order valence-electron chi connectivity index (χ3n) is 4.99. The number of carbonyl (C=O) groups is 2. The number of nitrogens with zero attached hydrogens (tertiary/aromatic N) is 3. The van der Waals surface area contributed by atoms with Crippen molar-refractivity contribution in [3.05, 3.63) is 76.2 Å². The average molecular weight is 479 g/mol. The van der Waals surface area contributed by atoms with Gasteiger partial charge in [-0.1, -0.05) is 49.0 Å². The molecule has 2 aromatic heterocycles. The molecule has 4 rings (SSSR count). The minimum atomic E-state index is -0.530. The Balaban J connectivity index is 1.67. The highest BCUT2D eigenvalue weighted by Crippen LogP contribution is 2.23. The quantitative estimate of drug-likeness (QED) is 0.241. The van der Waals surface area contributed by atoms with E-state index in [2.05, 4.69) is 15.5 Å². The normalized spacial score (nSPS) is 11.1. The molecule has 0 aliphatic heterocycles. The van der Waals surface area contributed by atoms with E-state index < -0.39 is 5.97 Å². The van der Waals surface area contributed by atoms with E-state index in [1.165, 1.54) is 23.8 Å². The monoisotopic (exact) mass is 478 g/mol. The van der Waals surface area contributed by atoms with E-state index in [0.717, 1.165) is 17.5 Å². The van der Waals surface area contributed by atoms with Gasteiger partial charge in [-0.25, -0.2) is 9.78 Å². The van der Waals surface area contributed by atoms with Crippen molar-refractivity contribution >= 4 is 40.4 Å². The van der Waals surface area contributed by atoms with Gasteiger partial charge >= 0.3 is 5.97 Å². The van der Waals surface area contributed by atoms with Crippen LogP contribution >= 0.6 is 11.8 Å². The van der Waals surface area contributed by atoms with Gasteiger partial charge in [0.2, 0.25) is 11.8 Å². The van der Waals surface area contributed by atoms with Crippen LogP contribution < -0.4 is 10.9 Å². The molecule has 0 fully saturated rings. The van der Waals surface area contributed by atoms with E-state index in [1.54, 1.807) is 24.3 Å². The molecule has 0 unspecified atom stereocenters. The van der Waals surface area contributed by atoms with Gasteiger partial charge in [-0.2, -0.15) is 0 Å². The number of benzene rings is 2. The number of nitrogens with one attached hydrogen (secondary N) is 1. The molecule has 0 saturated heterocycles. The van der Waals surface area contributed by atoms with Gasteiger partial charge in [0.15, 0.2) is 5.16 Å². The van der Waals surface area contributed by atoms with Gasteiger partial charge in [-0.15, -0.1) is 0 Å². The fourth-order valence-corrected chi connectivity index (χ4v) is 4.05. The lowest BCUT2D eigenvalue weighted by Gasteiger charge is -2.13. The van der Waals surface area contributed by atoms with Crippen LogP contribution in [0.5, 0.6) is 0 Å². The van der Waals surface area contributed by atoms with Gasteiger partial charge in [0, 0.05) is 6.07 Å². The minimum absolute atomic E-state index is 0.0286. The van der Waals surface area contributed by atoms with Gasteiger partial charge in [0.1, 0.15) is 0 Å². The van der Waals surface area contributed by atoms with E-state index in [1.807, 2.05) is 32.0 Å². The Kier molecular flexibility index (Phi) is 6.78. The molecular formula is C24H22N4O5S. The molecule has 174 valence electrons. The largest absolute Gasteiger partial charge is 0.465 e. The number of fused-ring (bicyclic) bond motifs is 1. The van der Waals surface area contributed by atoms with Gasteiger partial charge in [-0.05, 0) is 36.2 Å². The molecule has 2 aromatic carbocycles. The van der Waals surface area contributed by atoms with Crippen LogP contribution in [0.2, 0.25) is 0 Å². The standard InChI is InChI=1S/C24H22N4O5S/c1-14(2)18-12-21(33-27-18)26-20(29)13-34-24-25-19-11-15(23(31)32-3)9-10-17(19)22(30)28(24)16-7-5-4-6-8-16/h4-12,14H,13H2,1-3H3,(H,26,29). The van der Waals surface area contributed by atoms with E-state index >= 15 is 0 Å². The first-order valence-corrected chi connectivity index (χ1v) is 11.5. The number of thioether (sulfide) groups is 1. The summed E-state index contributed by atoms with van der Waals surface area (Å²) in [6.45, 7) is 3.94. The second-order valence-electron chi connectivity index (χ2n) is 7.70. The van der Waals surface area contributed by atoms with E-state index in [0.29, 0.717) is 21.7 Å². The number of aromatic nitrogens is 3. The maximum Gasteiger partial charge on any atom is 0.337 e. The SMILES string of the molecule is COC(=O)c1ccc2c(=O)n(-c3ccccc3)c(SCC(=O)Nc3cc(C(C)C)no3)nc2c1. The molecule has 9 nitrogen and oxygen atoms in total. The zero-order valence-electron chi connectivity index (χ0n) is 18.8. The van der Waals surface area contributed by atoms with Crippen LogP contribution in [0.25, 0.3) is 16.6 Å². The van der Waals surface area contributed by atoms with Crippen molar-refractivity contribution in [2.24, 2.45) is 0 Å². The summed E-state index contributed by atoms with van der Waals surface area (Å²) in [6, 6.07) is 15.3. The summed E-state index contributed by atoms with van der Waals surface area (Å²) in [5, 5.41) is 7.24. The number of ether oxygens (including phenoxy) is 1. The summed E-state index contributed by atoms with van der Waals surface area (Å²) in [7, 11) is 1.28. The molecule has 10 heteroatoms. The lowest BCUT2D eigenvalue weighted by molar-refractivity contribution is -0.113. The molecule has 0 aliphatic carbocycles. The second kappa shape index (κ2) is 9.92. The fourth-order valence-electron chi connectivity index (χ4n) is 3.24. The van der Waals surface area contributed by atoms with Gasteiger partial charge in [0.25, 0.3) is 5.56 Å². The molecule has 0 radical (unpaired) electrons. The third-order valence-corrected chi connectivity index (χ3v) is 5.93. The topological polar surface area (TPSA) is 116 Å². The molecular weight excluding hydrogens is 456 g/mol. The minimum Gasteiger partial charge on any atom is -0.465 e. The number of carbonyl (C=O) groups excluding carboxylic acids is 2. The molecule has 0 atom stereocenters. The zero-order chi connectivity index (χ0) is 24.2.